The van der Waals surface area contributed by atoms with E-state index in [2.05, 4.69) is 4.98 Å². The van der Waals surface area contributed by atoms with E-state index in [1.807, 2.05) is 6.07 Å². The van der Waals surface area contributed by atoms with E-state index in [9.17, 15) is 9.59 Å². The van der Waals surface area contributed by atoms with Gasteiger partial charge in [0.15, 0.2) is 6.10 Å². The smallest absolute Gasteiger partial charge is 0.328 e. The molecule has 1 N–H and O–H groups in total. The topological polar surface area (TPSA) is 104 Å². The molecule has 0 aromatic carbocycles. The van der Waals surface area contributed by atoms with Gasteiger partial charge in [-0.1, -0.05) is 0 Å². The fraction of sp³-hybridized carbons (Fsp3) is 0.286. The number of carbonyl (C=O) groups excluding carboxylic acids is 1. The number of morpholine rings is 1. The number of aliphatic carboxylic acids is 1. The minimum absolute atomic E-state index is 0.194. The average Bonchev–Trinajstić information content (AvgIpc) is 2.52. The predicted octanol–water partition coefficient (Wildman–Crippen LogP) is 0.544. The standard InChI is InChI=1S/C14H13N3O4/c15-7-11-9-17(5-6-21-11)14(20)12-3-4-16-8-10(12)1-2-13(18)19/h1-4,8,11H,5-6,9H2,(H,18,19). The number of carboxylic acids is 1. The number of pyridine rings is 1. The van der Waals surface area contributed by atoms with Gasteiger partial charge in [-0.2, -0.15) is 5.26 Å². The molecule has 0 aliphatic carbocycles. The van der Waals surface area contributed by atoms with Gasteiger partial charge in [0.2, 0.25) is 0 Å². The van der Waals surface area contributed by atoms with Crippen molar-refractivity contribution in [2.45, 2.75) is 6.10 Å². The molecule has 1 aromatic heterocycles. The third-order valence-corrected chi connectivity index (χ3v) is 2.99. The lowest BCUT2D eigenvalue weighted by Gasteiger charge is -2.30. The molecule has 0 bridgehead atoms. The lowest BCUT2D eigenvalue weighted by molar-refractivity contribution is -0.131. The first-order valence-electron chi connectivity index (χ1n) is 6.27. The van der Waals surface area contributed by atoms with Crippen LogP contribution in [-0.2, 0) is 9.53 Å². The zero-order valence-corrected chi connectivity index (χ0v) is 11.1. The lowest BCUT2D eigenvalue weighted by atomic mass is 10.1. The number of nitriles is 1. The summed E-state index contributed by atoms with van der Waals surface area (Å²) in [5.41, 5.74) is 0.769. The fourth-order valence-electron chi connectivity index (χ4n) is 1.98. The van der Waals surface area contributed by atoms with Crippen molar-refractivity contribution >= 4 is 18.0 Å². The SMILES string of the molecule is N#CC1CN(C(=O)c2ccncc2C=CC(=O)O)CCO1. The molecule has 2 heterocycles. The van der Waals surface area contributed by atoms with Crippen molar-refractivity contribution in [2.75, 3.05) is 19.7 Å². The first-order valence-corrected chi connectivity index (χ1v) is 6.27. The Kier molecular flexibility index (Phi) is 4.64. The quantitative estimate of drug-likeness (QED) is 0.814. The maximum absolute atomic E-state index is 12.5. The van der Waals surface area contributed by atoms with Gasteiger partial charge in [-0.05, 0) is 12.1 Å². The van der Waals surface area contributed by atoms with Crippen molar-refractivity contribution in [3.8, 4) is 6.07 Å². The molecule has 0 radical (unpaired) electrons. The van der Waals surface area contributed by atoms with Crippen LogP contribution in [0.1, 0.15) is 15.9 Å². The van der Waals surface area contributed by atoms with E-state index >= 15 is 0 Å². The monoisotopic (exact) mass is 287 g/mol. The highest BCUT2D eigenvalue weighted by Crippen LogP contribution is 2.15. The van der Waals surface area contributed by atoms with Gasteiger partial charge in [0.1, 0.15) is 0 Å². The van der Waals surface area contributed by atoms with E-state index in [1.54, 1.807) is 0 Å². The van der Waals surface area contributed by atoms with Gasteiger partial charge in [0, 0.05) is 36.1 Å². The molecule has 1 fully saturated rings. The fourth-order valence-corrected chi connectivity index (χ4v) is 1.98. The Morgan fingerprint density at radius 3 is 3.10 bits per heavy atom. The number of carbonyl (C=O) groups is 2. The molecule has 1 saturated heterocycles. The number of hydrogen-bond donors (Lipinski definition) is 1. The first kappa shape index (κ1) is 14.7. The number of hydrogen-bond acceptors (Lipinski definition) is 5. The maximum atomic E-state index is 12.5. The Morgan fingerprint density at radius 2 is 2.38 bits per heavy atom. The molecule has 7 heteroatoms. The number of carboxylic acid groups (broad SMARTS) is 1. The summed E-state index contributed by atoms with van der Waals surface area (Å²) in [6.45, 7) is 0.885. The zero-order valence-electron chi connectivity index (χ0n) is 11.1. The average molecular weight is 287 g/mol. The van der Waals surface area contributed by atoms with Crippen LogP contribution in [0.15, 0.2) is 24.5 Å². The van der Waals surface area contributed by atoms with Crippen LogP contribution in [0.5, 0.6) is 0 Å². The second-order valence-corrected chi connectivity index (χ2v) is 4.37. The number of amides is 1. The van der Waals surface area contributed by atoms with Crippen LogP contribution >= 0.6 is 0 Å². The summed E-state index contributed by atoms with van der Waals surface area (Å²) in [5, 5.41) is 17.5. The van der Waals surface area contributed by atoms with E-state index in [-0.39, 0.29) is 12.5 Å². The number of ether oxygens (including phenoxy) is 1. The van der Waals surface area contributed by atoms with Crippen LogP contribution in [0.2, 0.25) is 0 Å². The summed E-state index contributed by atoms with van der Waals surface area (Å²) < 4.78 is 5.19. The highest BCUT2D eigenvalue weighted by atomic mass is 16.5. The Labute approximate surface area is 121 Å². The molecule has 108 valence electrons. The van der Waals surface area contributed by atoms with E-state index in [1.165, 1.54) is 29.4 Å². The summed E-state index contributed by atoms with van der Waals surface area (Å²) in [7, 11) is 0. The molecule has 1 aliphatic heterocycles. The second-order valence-electron chi connectivity index (χ2n) is 4.37. The molecule has 21 heavy (non-hydrogen) atoms. The molecule has 2 rings (SSSR count). The van der Waals surface area contributed by atoms with E-state index in [0.29, 0.717) is 24.3 Å². The molecule has 1 amide bonds. The molecular formula is C14H13N3O4. The highest BCUT2D eigenvalue weighted by molar-refractivity contribution is 5.98. The zero-order chi connectivity index (χ0) is 15.2. The summed E-state index contributed by atoms with van der Waals surface area (Å²) in [4.78, 5) is 28.5. The minimum atomic E-state index is -1.10. The second kappa shape index (κ2) is 6.63. The summed E-state index contributed by atoms with van der Waals surface area (Å²) in [6.07, 6.45) is 4.53. The van der Waals surface area contributed by atoms with Crippen molar-refractivity contribution in [3.05, 3.63) is 35.7 Å². The Morgan fingerprint density at radius 1 is 1.57 bits per heavy atom. The molecule has 1 unspecified atom stereocenters. The third-order valence-electron chi connectivity index (χ3n) is 2.99. The maximum Gasteiger partial charge on any atom is 0.328 e. The van der Waals surface area contributed by atoms with Crippen molar-refractivity contribution in [3.63, 3.8) is 0 Å². The van der Waals surface area contributed by atoms with Crippen molar-refractivity contribution < 1.29 is 19.4 Å². The molecule has 7 nitrogen and oxygen atoms in total. The van der Waals surface area contributed by atoms with E-state index < -0.39 is 12.1 Å². The van der Waals surface area contributed by atoms with Gasteiger partial charge < -0.3 is 14.7 Å². The summed E-state index contributed by atoms with van der Waals surface area (Å²) in [5.74, 6) is -1.38. The Balaban J connectivity index is 2.23. The number of aromatic nitrogens is 1. The third kappa shape index (κ3) is 3.64. The lowest BCUT2D eigenvalue weighted by Crippen LogP contribution is -2.45. The van der Waals surface area contributed by atoms with Gasteiger partial charge in [-0.25, -0.2) is 4.79 Å². The van der Waals surface area contributed by atoms with Gasteiger partial charge in [0.25, 0.3) is 5.91 Å². The summed E-state index contributed by atoms with van der Waals surface area (Å²) >= 11 is 0. The molecule has 1 atom stereocenters. The van der Waals surface area contributed by atoms with Crippen molar-refractivity contribution in [1.29, 1.82) is 5.26 Å². The van der Waals surface area contributed by atoms with Crippen LogP contribution in [0.4, 0.5) is 0 Å². The molecular weight excluding hydrogens is 274 g/mol. The van der Waals surface area contributed by atoms with Crippen LogP contribution < -0.4 is 0 Å². The molecule has 1 aliphatic rings. The van der Waals surface area contributed by atoms with Gasteiger partial charge in [-0.15, -0.1) is 0 Å². The normalized spacial score (nSPS) is 18.4. The van der Waals surface area contributed by atoms with Gasteiger partial charge in [-0.3, -0.25) is 9.78 Å². The van der Waals surface area contributed by atoms with Gasteiger partial charge in [0.05, 0.1) is 19.2 Å². The largest absolute Gasteiger partial charge is 0.478 e. The Bertz CT molecular complexity index is 621. The van der Waals surface area contributed by atoms with Crippen molar-refractivity contribution in [1.82, 2.24) is 9.88 Å². The first-order chi connectivity index (χ1) is 10.1. The summed E-state index contributed by atoms with van der Waals surface area (Å²) in [6, 6.07) is 3.50. The van der Waals surface area contributed by atoms with Crippen molar-refractivity contribution in [2.24, 2.45) is 0 Å². The van der Waals surface area contributed by atoms with Gasteiger partial charge >= 0.3 is 5.97 Å². The van der Waals surface area contributed by atoms with Crippen LogP contribution in [0.25, 0.3) is 6.08 Å². The van der Waals surface area contributed by atoms with Crippen LogP contribution in [0.3, 0.4) is 0 Å². The Hall–Kier alpha value is -2.72. The molecule has 0 spiro atoms. The minimum Gasteiger partial charge on any atom is -0.478 e. The molecule has 1 aromatic rings. The number of nitrogens with zero attached hydrogens (tertiary/aromatic N) is 3. The van der Waals surface area contributed by atoms with E-state index in [0.717, 1.165) is 6.08 Å². The molecule has 0 saturated carbocycles. The highest BCUT2D eigenvalue weighted by Gasteiger charge is 2.25. The van der Waals surface area contributed by atoms with Crippen LogP contribution in [-0.4, -0.2) is 52.7 Å². The van der Waals surface area contributed by atoms with Crippen LogP contribution in [0, 0.1) is 11.3 Å². The number of rotatable bonds is 3. The predicted molar refractivity (Wildman–Crippen MR) is 72.2 cm³/mol. The van der Waals surface area contributed by atoms with E-state index in [4.69, 9.17) is 15.1 Å².